The lowest BCUT2D eigenvalue weighted by Gasteiger charge is -2.19. The molecule has 0 bridgehead atoms. The van der Waals surface area contributed by atoms with Gasteiger partial charge in [0.2, 0.25) is 0 Å². The summed E-state index contributed by atoms with van der Waals surface area (Å²) in [6.45, 7) is -0.382. The maximum absolute atomic E-state index is 12.2. The topological polar surface area (TPSA) is 21.3 Å². The Hall–Kier alpha value is -0.590. The summed E-state index contributed by atoms with van der Waals surface area (Å²) in [5.74, 6) is 0.0339. The lowest BCUT2D eigenvalue weighted by Crippen LogP contribution is -2.30. The highest BCUT2D eigenvalue weighted by Crippen LogP contribution is 2.23. The van der Waals surface area contributed by atoms with Crippen molar-refractivity contribution in [2.45, 2.75) is 31.5 Å². The van der Waals surface area contributed by atoms with Crippen LogP contribution < -0.4 is 5.32 Å². The summed E-state index contributed by atoms with van der Waals surface area (Å²) in [7, 11) is 0. The first-order valence-corrected chi connectivity index (χ1v) is 7.84. The summed E-state index contributed by atoms with van der Waals surface area (Å²) < 4.78 is 42.3. The maximum atomic E-state index is 12.2. The van der Waals surface area contributed by atoms with Crippen LogP contribution in [0.1, 0.15) is 18.4 Å². The van der Waals surface area contributed by atoms with E-state index in [1.165, 1.54) is 0 Å². The van der Waals surface area contributed by atoms with E-state index in [0.29, 0.717) is 19.0 Å². The standard InChI is InChI=1S/C15H19BrF3NO/c16-14-4-2-1-3-12(14)7-11(8-20-13-5-6-13)9-21-10-15(17,18)19/h1-4,11,13,20H,5-10H2. The highest BCUT2D eigenvalue weighted by molar-refractivity contribution is 9.10. The van der Waals surface area contributed by atoms with E-state index in [1.54, 1.807) is 0 Å². The molecule has 0 amide bonds. The number of rotatable bonds is 8. The molecule has 1 atom stereocenters. The summed E-state index contributed by atoms with van der Waals surface area (Å²) in [4.78, 5) is 0. The minimum absolute atomic E-state index is 0.0339. The van der Waals surface area contributed by atoms with Gasteiger partial charge >= 0.3 is 6.18 Å². The molecule has 1 saturated carbocycles. The molecule has 1 N–H and O–H groups in total. The van der Waals surface area contributed by atoms with Crippen molar-refractivity contribution in [1.82, 2.24) is 5.32 Å². The highest BCUT2D eigenvalue weighted by atomic mass is 79.9. The smallest absolute Gasteiger partial charge is 0.372 e. The minimum atomic E-state index is -4.26. The molecule has 1 aromatic carbocycles. The van der Waals surface area contributed by atoms with Crippen molar-refractivity contribution in [3.63, 3.8) is 0 Å². The summed E-state index contributed by atoms with van der Waals surface area (Å²) in [6, 6.07) is 8.32. The number of halogens is 4. The Balaban J connectivity index is 1.86. The van der Waals surface area contributed by atoms with E-state index in [4.69, 9.17) is 4.74 Å². The van der Waals surface area contributed by atoms with Gasteiger partial charge in [-0.15, -0.1) is 0 Å². The quantitative estimate of drug-likeness (QED) is 0.753. The van der Waals surface area contributed by atoms with Gasteiger partial charge in [-0.05, 0) is 36.8 Å². The molecular formula is C15H19BrF3NO. The van der Waals surface area contributed by atoms with Gasteiger partial charge in [0.1, 0.15) is 6.61 Å². The van der Waals surface area contributed by atoms with Crippen molar-refractivity contribution in [3.05, 3.63) is 34.3 Å². The molecule has 1 aliphatic rings. The van der Waals surface area contributed by atoms with E-state index < -0.39 is 12.8 Å². The van der Waals surface area contributed by atoms with Crippen LogP contribution in [0.4, 0.5) is 13.2 Å². The van der Waals surface area contributed by atoms with Gasteiger partial charge in [-0.2, -0.15) is 13.2 Å². The predicted molar refractivity (Wildman–Crippen MR) is 79.2 cm³/mol. The van der Waals surface area contributed by atoms with Gasteiger partial charge in [0.05, 0.1) is 6.61 Å². The van der Waals surface area contributed by atoms with Crippen LogP contribution in [-0.2, 0) is 11.2 Å². The van der Waals surface area contributed by atoms with Crippen molar-refractivity contribution in [2.75, 3.05) is 19.8 Å². The third kappa shape index (κ3) is 6.80. The molecule has 118 valence electrons. The van der Waals surface area contributed by atoms with Crippen molar-refractivity contribution >= 4 is 15.9 Å². The SMILES string of the molecule is FC(F)(F)COCC(CNC1CC1)Cc1ccccc1Br. The molecule has 0 heterocycles. The van der Waals surface area contributed by atoms with Gasteiger partial charge in [0.25, 0.3) is 0 Å². The number of hydrogen-bond acceptors (Lipinski definition) is 2. The van der Waals surface area contributed by atoms with Crippen LogP contribution in [0, 0.1) is 5.92 Å². The molecule has 6 heteroatoms. The van der Waals surface area contributed by atoms with Gasteiger partial charge in [-0.25, -0.2) is 0 Å². The van der Waals surface area contributed by atoms with Crippen LogP contribution in [0.3, 0.4) is 0 Å². The second kappa shape index (κ2) is 7.61. The van der Waals surface area contributed by atoms with Gasteiger partial charge in [-0.1, -0.05) is 34.1 Å². The molecule has 0 radical (unpaired) electrons. The van der Waals surface area contributed by atoms with Gasteiger partial charge in [0.15, 0.2) is 0 Å². The van der Waals surface area contributed by atoms with Crippen LogP contribution in [-0.4, -0.2) is 32.0 Å². The lowest BCUT2D eigenvalue weighted by atomic mass is 10.00. The normalized spacial score (nSPS) is 17.0. The van der Waals surface area contributed by atoms with Crippen molar-refractivity contribution in [1.29, 1.82) is 0 Å². The van der Waals surface area contributed by atoms with Crippen LogP contribution in [0.5, 0.6) is 0 Å². The predicted octanol–water partition coefficient (Wildman–Crippen LogP) is 3.94. The fourth-order valence-corrected chi connectivity index (χ4v) is 2.57. The zero-order chi connectivity index (χ0) is 15.3. The lowest BCUT2D eigenvalue weighted by molar-refractivity contribution is -0.176. The number of alkyl halides is 3. The number of benzene rings is 1. The molecule has 2 rings (SSSR count). The molecule has 2 nitrogen and oxygen atoms in total. The molecule has 1 fully saturated rings. The molecule has 0 aliphatic heterocycles. The molecule has 0 aromatic heterocycles. The Morgan fingerprint density at radius 2 is 2.00 bits per heavy atom. The van der Waals surface area contributed by atoms with Gasteiger partial charge < -0.3 is 10.1 Å². The van der Waals surface area contributed by atoms with E-state index in [-0.39, 0.29) is 12.5 Å². The van der Waals surface area contributed by atoms with Crippen LogP contribution >= 0.6 is 15.9 Å². The van der Waals surface area contributed by atoms with E-state index in [2.05, 4.69) is 21.2 Å². The van der Waals surface area contributed by atoms with Crippen molar-refractivity contribution in [3.8, 4) is 0 Å². The van der Waals surface area contributed by atoms with Gasteiger partial charge in [-0.3, -0.25) is 0 Å². The second-order valence-electron chi connectivity index (χ2n) is 5.47. The monoisotopic (exact) mass is 365 g/mol. The van der Waals surface area contributed by atoms with Crippen LogP contribution in [0.2, 0.25) is 0 Å². The number of ether oxygens (including phenoxy) is 1. The summed E-state index contributed by atoms with van der Waals surface area (Å²) in [5, 5.41) is 3.37. The Kier molecular flexibility index (Phi) is 6.08. The zero-order valence-corrected chi connectivity index (χ0v) is 13.2. The fourth-order valence-electron chi connectivity index (χ4n) is 2.13. The van der Waals surface area contributed by atoms with E-state index >= 15 is 0 Å². The molecule has 1 aromatic rings. The maximum Gasteiger partial charge on any atom is 0.411 e. The largest absolute Gasteiger partial charge is 0.411 e. The molecule has 1 unspecified atom stereocenters. The Labute approximate surface area is 131 Å². The van der Waals surface area contributed by atoms with Crippen molar-refractivity contribution in [2.24, 2.45) is 5.92 Å². The highest BCUT2D eigenvalue weighted by Gasteiger charge is 2.28. The molecule has 0 saturated heterocycles. The van der Waals surface area contributed by atoms with E-state index in [9.17, 15) is 13.2 Å². The fraction of sp³-hybridized carbons (Fsp3) is 0.600. The summed E-state index contributed by atoms with van der Waals surface area (Å²) in [5.41, 5.74) is 1.09. The third-order valence-electron chi connectivity index (χ3n) is 3.36. The molecule has 0 spiro atoms. The van der Waals surface area contributed by atoms with E-state index in [1.807, 2.05) is 24.3 Å². The summed E-state index contributed by atoms with van der Waals surface area (Å²) in [6.07, 6.45) is -1.25. The van der Waals surface area contributed by atoms with Crippen LogP contribution in [0.25, 0.3) is 0 Å². The number of hydrogen-bond donors (Lipinski definition) is 1. The second-order valence-corrected chi connectivity index (χ2v) is 6.33. The Bertz CT molecular complexity index is 449. The first kappa shape index (κ1) is 16.8. The average Bonchev–Trinajstić information content (AvgIpc) is 3.21. The molecule has 1 aliphatic carbocycles. The number of nitrogens with one attached hydrogen (secondary N) is 1. The van der Waals surface area contributed by atoms with Crippen LogP contribution in [0.15, 0.2) is 28.7 Å². The Morgan fingerprint density at radius 3 is 2.62 bits per heavy atom. The van der Waals surface area contributed by atoms with Crippen molar-refractivity contribution < 1.29 is 17.9 Å². The first-order valence-electron chi connectivity index (χ1n) is 7.05. The molecular weight excluding hydrogens is 347 g/mol. The van der Waals surface area contributed by atoms with E-state index in [0.717, 1.165) is 22.9 Å². The average molecular weight is 366 g/mol. The Morgan fingerprint density at radius 1 is 1.29 bits per heavy atom. The summed E-state index contributed by atoms with van der Waals surface area (Å²) >= 11 is 3.48. The first-order chi connectivity index (χ1) is 9.94. The molecule has 21 heavy (non-hydrogen) atoms. The third-order valence-corrected chi connectivity index (χ3v) is 4.13. The van der Waals surface area contributed by atoms with Gasteiger partial charge in [0, 0.05) is 17.1 Å². The zero-order valence-electron chi connectivity index (χ0n) is 11.6. The minimum Gasteiger partial charge on any atom is -0.372 e.